The van der Waals surface area contributed by atoms with Gasteiger partial charge in [0.1, 0.15) is 6.10 Å². The number of hydrogen-bond acceptors (Lipinski definition) is 3. The van der Waals surface area contributed by atoms with Gasteiger partial charge in [0.25, 0.3) is 5.69 Å². The Morgan fingerprint density at radius 2 is 2.29 bits per heavy atom. The molecule has 1 aromatic carbocycles. The molecule has 0 saturated carbocycles. The van der Waals surface area contributed by atoms with E-state index in [1.807, 2.05) is 12.2 Å². The van der Waals surface area contributed by atoms with E-state index < -0.39 is 0 Å². The highest BCUT2D eigenvalue weighted by Gasteiger charge is 2.11. The van der Waals surface area contributed by atoms with E-state index in [9.17, 15) is 10.1 Å². The van der Waals surface area contributed by atoms with Crippen LogP contribution in [-0.2, 0) is 4.74 Å². The van der Waals surface area contributed by atoms with E-state index in [0.717, 1.165) is 12.8 Å². The van der Waals surface area contributed by atoms with Crippen LogP contribution in [0.5, 0.6) is 0 Å². The second-order valence-corrected chi connectivity index (χ2v) is 3.82. The smallest absolute Gasteiger partial charge is 0.276 e. The first-order chi connectivity index (χ1) is 8.27. The molecular weight excluding hydrogens is 218 g/mol. The summed E-state index contributed by atoms with van der Waals surface area (Å²) in [6.07, 6.45) is 9.21. The number of rotatable bonds is 4. The number of hydrogen-bond donors (Lipinski definition) is 0. The van der Waals surface area contributed by atoms with Crippen LogP contribution in [0.3, 0.4) is 0 Å². The van der Waals surface area contributed by atoms with Crippen LogP contribution in [0, 0.1) is 10.1 Å². The molecule has 1 unspecified atom stereocenters. The van der Waals surface area contributed by atoms with Gasteiger partial charge in [0.05, 0.1) is 16.7 Å². The lowest BCUT2D eigenvalue weighted by Gasteiger charge is -2.05. The Labute approximate surface area is 99.4 Å². The minimum absolute atomic E-state index is 0.134. The number of nitrogens with zero attached hydrogens (tertiary/aromatic N) is 1. The molecule has 1 heterocycles. The molecule has 1 aromatic rings. The second kappa shape index (κ2) is 5.30. The van der Waals surface area contributed by atoms with Gasteiger partial charge in [0, 0.05) is 18.9 Å². The van der Waals surface area contributed by atoms with Crippen LogP contribution in [0.25, 0.3) is 6.08 Å². The van der Waals surface area contributed by atoms with Gasteiger partial charge < -0.3 is 4.74 Å². The van der Waals surface area contributed by atoms with E-state index in [2.05, 4.69) is 0 Å². The number of ether oxygens (including phenoxy) is 1. The summed E-state index contributed by atoms with van der Waals surface area (Å²) in [5.74, 6) is 0. The van der Waals surface area contributed by atoms with Gasteiger partial charge in [0.2, 0.25) is 0 Å². The molecule has 0 saturated heterocycles. The summed E-state index contributed by atoms with van der Waals surface area (Å²) in [6.45, 7) is 0. The van der Waals surface area contributed by atoms with Crippen molar-refractivity contribution >= 4 is 11.8 Å². The molecule has 0 aromatic heterocycles. The molecule has 0 radical (unpaired) electrons. The van der Waals surface area contributed by atoms with Gasteiger partial charge in [-0.3, -0.25) is 10.1 Å². The van der Waals surface area contributed by atoms with E-state index in [1.54, 1.807) is 30.5 Å². The van der Waals surface area contributed by atoms with Gasteiger partial charge in [-0.05, 0) is 12.1 Å². The zero-order chi connectivity index (χ0) is 12.1. The van der Waals surface area contributed by atoms with E-state index in [4.69, 9.17) is 4.74 Å². The Morgan fingerprint density at radius 1 is 1.47 bits per heavy atom. The minimum atomic E-state index is -0.368. The minimum Gasteiger partial charge on any atom is -0.498 e. The monoisotopic (exact) mass is 231 g/mol. The van der Waals surface area contributed by atoms with E-state index in [-0.39, 0.29) is 16.7 Å². The molecule has 17 heavy (non-hydrogen) atoms. The van der Waals surface area contributed by atoms with Crippen molar-refractivity contribution in [2.45, 2.75) is 18.9 Å². The normalized spacial score (nSPS) is 18.5. The summed E-state index contributed by atoms with van der Waals surface area (Å²) in [5.41, 5.74) is 0.762. The lowest BCUT2D eigenvalue weighted by atomic mass is 10.1. The van der Waals surface area contributed by atoms with Crippen molar-refractivity contribution in [3.63, 3.8) is 0 Å². The highest BCUT2D eigenvalue weighted by atomic mass is 16.6. The number of nitro benzene ring substituents is 1. The third-order valence-corrected chi connectivity index (χ3v) is 2.60. The van der Waals surface area contributed by atoms with E-state index >= 15 is 0 Å². The summed E-state index contributed by atoms with van der Waals surface area (Å²) in [7, 11) is 0. The van der Waals surface area contributed by atoms with Crippen LogP contribution in [-0.4, -0.2) is 11.0 Å². The highest BCUT2D eigenvalue weighted by molar-refractivity contribution is 5.60. The average Bonchev–Trinajstić information content (AvgIpc) is 2.82. The summed E-state index contributed by atoms with van der Waals surface area (Å²) in [6, 6.07) is 6.70. The first-order valence-electron chi connectivity index (χ1n) is 5.48. The Hall–Kier alpha value is -2.10. The predicted molar refractivity (Wildman–Crippen MR) is 65.4 cm³/mol. The molecule has 4 nitrogen and oxygen atoms in total. The fraction of sp³-hybridized carbons (Fsp3) is 0.231. The summed E-state index contributed by atoms with van der Waals surface area (Å²) >= 11 is 0. The lowest BCUT2D eigenvalue weighted by molar-refractivity contribution is -0.385. The fourth-order valence-corrected chi connectivity index (χ4v) is 1.72. The topological polar surface area (TPSA) is 52.4 Å². The van der Waals surface area contributed by atoms with Crippen molar-refractivity contribution < 1.29 is 9.66 Å². The van der Waals surface area contributed by atoms with Crippen LogP contribution < -0.4 is 0 Å². The Balaban J connectivity index is 2.02. The molecule has 1 atom stereocenters. The van der Waals surface area contributed by atoms with E-state index in [0.29, 0.717) is 5.56 Å². The first kappa shape index (κ1) is 11.4. The molecule has 4 heteroatoms. The summed E-state index contributed by atoms with van der Waals surface area (Å²) in [4.78, 5) is 10.4. The number of benzene rings is 1. The van der Waals surface area contributed by atoms with Gasteiger partial charge in [-0.2, -0.15) is 0 Å². The average molecular weight is 231 g/mol. The molecule has 0 aliphatic carbocycles. The third-order valence-electron chi connectivity index (χ3n) is 2.60. The van der Waals surface area contributed by atoms with Crippen molar-refractivity contribution in [3.05, 3.63) is 58.4 Å². The second-order valence-electron chi connectivity index (χ2n) is 3.82. The maximum atomic E-state index is 10.8. The van der Waals surface area contributed by atoms with Crippen molar-refractivity contribution in [3.8, 4) is 0 Å². The van der Waals surface area contributed by atoms with Gasteiger partial charge in [0.15, 0.2) is 0 Å². The van der Waals surface area contributed by atoms with Crippen molar-refractivity contribution in [2.75, 3.05) is 0 Å². The Bertz CT molecular complexity index is 457. The molecule has 88 valence electrons. The maximum Gasteiger partial charge on any atom is 0.276 e. The van der Waals surface area contributed by atoms with Gasteiger partial charge in [-0.25, -0.2) is 0 Å². The molecule has 1 aliphatic rings. The third kappa shape index (κ3) is 2.93. The van der Waals surface area contributed by atoms with Crippen LogP contribution in [0.15, 0.2) is 42.7 Å². The molecule has 0 amide bonds. The van der Waals surface area contributed by atoms with Crippen LogP contribution in [0.1, 0.15) is 18.4 Å². The van der Waals surface area contributed by atoms with Crippen LogP contribution in [0.4, 0.5) is 5.69 Å². The predicted octanol–water partition coefficient (Wildman–Crippen LogP) is 3.30. The Kier molecular flexibility index (Phi) is 3.55. The first-order valence-corrected chi connectivity index (χ1v) is 5.48. The van der Waals surface area contributed by atoms with Crippen molar-refractivity contribution in [1.82, 2.24) is 0 Å². The van der Waals surface area contributed by atoms with Crippen molar-refractivity contribution in [2.24, 2.45) is 0 Å². The molecule has 0 bridgehead atoms. The molecule has 0 N–H and O–H groups in total. The largest absolute Gasteiger partial charge is 0.498 e. The van der Waals surface area contributed by atoms with Gasteiger partial charge >= 0.3 is 0 Å². The van der Waals surface area contributed by atoms with Crippen LogP contribution in [0.2, 0.25) is 0 Å². The lowest BCUT2D eigenvalue weighted by Crippen LogP contribution is -2.01. The zero-order valence-corrected chi connectivity index (χ0v) is 9.28. The maximum absolute atomic E-state index is 10.8. The standard InChI is InChI=1S/C13H13NO3/c15-14(16)13-9-2-1-5-11(13)6-3-7-12-8-4-10-17-12/h1-6,9-10,12H,7-8H2/b6-3+. The number of para-hydroxylation sites is 1. The SMILES string of the molecule is O=[N+]([O-])c1ccccc1/C=C/CC1CC=CO1. The molecule has 0 spiro atoms. The molecule has 0 fully saturated rings. The summed E-state index contributed by atoms with van der Waals surface area (Å²) in [5, 5.41) is 10.8. The van der Waals surface area contributed by atoms with Gasteiger partial charge in [-0.1, -0.05) is 24.3 Å². The zero-order valence-electron chi connectivity index (χ0n) is 9.28. The van der Waals surface area contributed by atoms with Gasteiger partial charge in [-0.15, -0.1) is 0 Å². The molecule has 2 rings (SSSR count). The fourth-order valence-electron chi connectivity index (χ4n) is 1.72. The quantitative estimate of drug-likeness (QED) is 0.590. The molecular formula is C13H13NO3. The summed E-state index contributed by atoms with van der Waals surface area (Å²) < 4.78 is 5.30. The van der Waals surface area contributed by atoms with Crippen LogP contribution >= 0.6 is 0 Å². The van der Waals surface area contributed by atoms with E-state index in [1.165, 1.54) is 6.07 Å². The molecule has 1 aliphatic heterocycles. The highest BCUT2D eigenvalue weighted by Crippen LogP contribution is 2.20. The number of nitro groups is 1. The van der Waals surface area contributed by atoms with Crippen molar-refractivity contribution in [1.29, 1.82) is 0 Å². The Morgan fingerprint density at radius 3 is 3.00 bits per heavy atom.